The third-order valence-electron chi connectivity index (χ3n) is 4.41. The lowest BCUT2D eigenvalue weighted by molar-refractivity contribution is -0.118. The summed E-state index contributed by atoms with van der Waals surface area (Å²) in [6.45, 7) is 0.765. The Morgan fingerprint density at radius 3 is 2.59 bits per heavy atom. The summed E-state index contributed by atoms with van der Waals surface area (Å²) >= 11 is 3.31. The lowest BCUT2D eigenvalue weighted by Crippen LogP contribution is -2.39. The van der Waals surface area contributed by atoms with E-state index >= 15 is 0 Å². The maximum atomic E-state index is 12.1. The Morgan fingerprint density at radius 1 is 1.14 bits per heavy atom. The zero-order valence-corrected chi connectivity index (χ0v) is 14.2. The summed E-state index contributed by atoms with van der Waals surface area (Å²) in [5.74, 6) is 0.645. The monoisotopic (exact) mass is 331 g/mol. The highest BCUT2D eigenvalue weighted by Gasteiger charge is 2.35. The molecule has 22 heavy (non-hydrogen) atoms. The van der Waals surface area contributed by atoms with E-state index in [-0.39, 0.29) is 11.3 Å². The van der Waals surface area contributed by atoms with Gasteiger partial charge in [0.25, 0.3) is 0 Å². The number of hydrogen-bond acceptors (Lipinski definition) is 3. The molecule has 2 nitrogen and oxygen atoms in total. The predicted molar refractivity (Wildman–Crippen MR) is 94.6 cm³/mol. The molecule has 1 N–H and O–H groups in total. The highest BCUT2D eigenvalue weighted by atomic mass is 32.2. The van der Waals surface area contributed by atoms with Crippen molar-refractivity contribution in [1.29, 1.82) is 0 Å². The van der Waals surface area contributed by atoms with E-state index in [0.717, 1.165) is 6.54 Å². The summed E-state index contributed by atoms with van der Waals surface area (Å²) in [6, 6.07) is 14.8. The second-order valence-electron chi connectivity index (χ2n) is 5.85. The molecule has 1 fully saturated rings. The van der Waals surface area contributed by atoms with Crippen LogP contribution in [0.3, 0.4) is 0 Å². The molecule has 1 amide bonds. The third kappa shape index (κ3) is 3.73. The molecule has 0 saturated heterocycles. The number of benzene rings is 1. The molecule has 3 rings (SSSR count). The molecule has 1 aliphatic carbocycles. The summed E-state index contributed by atoms with van der Waals surface area (Å²) in [5, 5.41) is 5.22. The number of thioether (sulfide) groups is 1. The van der Waals surface area contributed by atoms with Crippen LogP contribution >= 0.6 is 23.1 Å². The highest BCUT2D eigenvalue weighted by molar-refractivity contribution is 8.01. The molecule has 4 heteroatoms. The number of amides is 1. The molecule has 1 heterocycles. The van der Waals surface area contributed by atoms with Crippen molar-refractivity contribution in [3.05, 3.63) is 53.4 Å². The summed E-state index contributed by atoms with van der Waals surface area (Å²) in [4.78, 5) is 12.1. The molecule has 116 valence electrons. The molecule has 1 aromatic heterocycles. The number of carbonyl (C=O) groups is 1. The molecule has 0 unspecified atom stereocenters. The lowest BCUT2D eigenvalue weighted by Gasteiger charge is -2.30. The second kappa shape index (κ2) is 7.34. The van der Waals surface area contributed by atoms with E-state index in [2.05, 4.69) is 41.7 Å². The van der Waals surface area contributed by atoms with E-state index in [1.54, 1.807) is 23.1 Å². The zero-order valence-electron chi connectivity index (χ0n) is 12.6. The molecule has 1 aromatic carbocycles. The fourth-order valence-electron chi connectivity index (χ4n) is 3.21. The van der Waals surface area contributed by atoms with E-state index < -0.39 is 0 Å². The summed E-state index contributed by atoms with van der Waals surface area (Å²) in [7, 11) is 0. The van der Waals surface area contributed by atoms with Crippen LogP contribution < -0.4 is 5.32 Å². The van der Waals surface area contributed by atoms with Gasteiger partial charge in [-0.2, -0.15) is 0 Å². The fourth-order valence-corrected chi connectivity index (χ4v) is 4.83. The van der Waals surface area contributed by atoms with E-state index in [4.69, 9.17) is 0 Å². The average Bonchev–Trinajstić information content (AvgIpc) is 3.24. The number of rotatable bonds is 6. The molecule has 0 radical (unpaired) electrons. The van der Waals surface area contributed by atoms with Gasteiger partial charge in [0.05, 0.1) is 9.96 Å². The van der Waals surface area contributed by atoms with Crippen LogP contribution in [0.2, 0.25) is 0 Å². The quantitative estimate of drug-likeness (QED) is 0.791. The number of thiophene rings is 1. The van der Waals surface area contributed by atoms with E-state index in [1.807, 2.05) is 11.4 Å². The Bertz CT molecular complexity index is 589. The SMILES string of the molecule is O=C(CSc1cccs1)NCC1(c2ccccc2)CCCC1. The van der Waals surface area contributed by atoms with Crippen molar-refractivity contribution in [2.45, 2.75) is 35.3 Å². The maximum Gasteiger partial charge on any atom is 0.230 e. The van der Waals surface area contributed by atoms with Gasteiger partial charge in [0.15, 0.2) is 0 Å². The number of hydrogen-bond donors (Lipinski definition) is 1. The van der Waals surface area contributed by atoms with Crippen LogP contribution in [0.1, 0.15) is 31.2 Å². The summed E-state index contributed by atoms with van der Waals surface area (Å²) in [5.41, 5.74) is 1.52. The standard InChI is InChI=1S/C18H21NOS2/c20-16(13-22-17-9-6-12-21-17)19-14-18(10-4-5-11-18)15-7-2-1-3-8-15/h1-3,6-9,12H,4-5,10-11,13-14H2,(H,19,20). The Balaban J connectivity index is 1.57. The normalized spacial score (nSPS) is 16.5. The number of nitrogens with one attached hydrogen (secondary N) is 1. The Morgan fingerprint density at radius 2 is 1.91 bits per heavy atom. The molecule has 0 aliphatic heterocycles. The van der Waals surface area contributed by atoms with Crippen molar-refractivity contribution in [2.75, 3.05) is 12.3 Å². The molecule has 0 bridgehead atoms. The van der Waals surface area contributed by atoms with Gasteiger partial charge in [-0.3, -0.25) is 4.79 Å². The van der Waals surface area contributed by atoms with Gasteiger partial charge < -0.3 is 5.32 Å². The van der Waals surface area contributed by atoms with Crippen molar-refractivity contribution in [2.24, 2.45) is 0 Å². The van der Waals surface area contributed by atoms with Gasteiger partial charge in [0, 0.05) is 12.0 Å². The minimum Gasteiger partial charge on any atom is -0.354 e. The number of carbonyl (C=O) groups excluding carboxylic acids is 1. The van der Waals surface area contributed by atoms with Gasteiger partial charge in [0.2, 0.25) is 5.91 Å². The minimum absolute atomic E-state index is 0.139. The van der Waals surface area contributed by atoms with Crippen molar-refractivity contribution in [3.63, 3.8) is 0 Å². The van der Waals surface area contributed by atoms with Crippen molar-refractivity contribution >= 4 is 29.0 Å². The molecule has 1 aliphatic rings. The van der Waals surface area contributed by atoms with Crippen LogP contribution in [0.25, 0.3) is 0 Å². The average molecular weight is 332 g/mol. The van der Waals surface area contributed by atoms with Gasteiger partial charge in [-0.05, 0) is 29.9 Å². The van der Waals surface area contributed by atoms with Crippen LogP contribution in [-0.2, 0) is 10.2 Å². The van der Waals surface area contributed by atoms with Crippen LogP contribution in [0.5, 0.6) is 0 Å². The van der Waals surface area contributed by atoms with Gasteiger partial charge >= 0.3 is 0 Å². The second-order valence-corrected chi connectivity index (χ2v) is 8.07. The highest BCUT2D eigenvalue weighted by Crippen LogP contribution is 2.40. The van der Waals surface area contributed by atoms with Crippen LogP contribution in [0.4, 0.5) is 0 Å². The Labute approximate surface area is 140 Å². The van der Waals surface area contributed by atoms with Crippen LogP contribution in [0.15, 0.2) is 52.1 Å². The molecule has 0 spiro atoms. The zero-order chi connectivity index (χ0) is 15.3. The fraction of sp³-hybridized carbons (Fsp3) is 0.389. The molecular weight excluding hydrogens is 310 g/mol. The first-order chi connectivity index (χ1) is 10.8. The van der Waals surface area contributed by atoms with Crippen molar-refractivity contribution in [3.8, 4) is 0 Å². The third-order valence-corrected chi connectivity index (χ3v) is 6.54. The van der Waals surface area contributed by atoms with Gasteiger partial charge in [-0.1, -0.05) is 49.2 Å². The van der Waals surface area contributed by atoms with Crippen molar-refractivity contribution < 1.29 is 4.79 Å². The van der Waals surface area contributed by atoms with E-state index in [0.29, 0.717) is 5.75 Å². The van der Waals surface area contributed by atoms with Gasteiger partial charge in [-0.25, -0.2) is 0 Å². The van der Waals surface area contributed by atoms with Crippen LogP contribution in [0, 0.1) is 0 Å². The summed E-state index contributed by atoms with van der Waals surface area (Å²) in [6.07, 6.45) is 4.87. The first-order valence-electron chi connectivity index (χ1n) is 7.77. The smallest absolute Gasteiger partial charge is 0.230 e. The molecule has 0 atom stereocenters. The van der Waals surface area contributed by atoms with E-state index in [9.17, 15) is 4.79 Å². The van der Waals surface area contributed by atoms with Crippen LogP contribution in [-0.4, -0.2) is 18.2 Å². The summed E-state index contributed by atoms with van der Waals surface area (Å²) < 4.78 is 1.20. The first-order valence-corrected chi connectivity index (χ1v) is 9.64. The maximum absolute atomic E-state index is 12.1. The predicted octanol–water partition coefficient (Wildman–Crippen LogP) is 4.47. The topological polar surface area (TPSA) is 29.1 Å². The Hall–Kier alpha value is -1.26. The first kappa shape index (κ1) is 15.6. The largest absolute Gasteiger partial charge is 0.354 e. The molecular formula is C18H21NOS2. The van der Waals surface area contributed by atoms with Gasteiger partial charge in [-0.15, -0.1) is 23.1 Å². The minimum atomic E-state index is 0.139. The van der Waals surface area contributed by atoms with E-state index in [1.165, 1.54) is 35.5 Å². The Kier molecular flexibility index (Phi) is 5.21. The molecule has 1 saturated carbocycles. The lowest BCUT2D eigenvalue weighted by atomic mass is 9.79. The van der Waals surface area contributed by atoms with Gasteiger partial charge in [0.1, 0.15) is 0 Å². The van der Waals surface area contributed by atoms with Crippen molar-refractivity contribution in [1.82, 2.24) is 5.32 Å². The molecule has 2 aromatic rings.